The molecule has 0 saturated carbocycles. The van der Waals surface area contributed by atoms with Gasteiger partial charge in [-0.3, -0.25) is 0 Å². The second kappa shape index (κ2) is 8.24. The van der Waals surface area contributed by atoms with Gasteiger partial charge in [-0.15, -0.1) is 0 Å². The van der Waals surface area contributed by atoms with E-state index < -0.39 is 7.14 Å². The van der Waals surface area contributed by atoms with Crippen molar-refractivity contribution in [3.63, 3.8) is 0 Å². The molecule has 0 heterocycles. The summed E-state index contributed by atoms with van der Waals surface area (Å²) in [6.45, 7) is 0. The van der Waals surface area contributed by atoms with Crippen molar-refractivity contribution < 1.29 is 28.5 Å². The molecule has 0 aliphatic heterocycles. The van der Waals surface area contributed by atoms with E-state index in [1.807, 2.05) is 36.4 Å². The molecule has 3 aromatic rings. The van der Waals surface area contributed by atoms with Crippen molar-refractivity contribution >= 4 is 23.1 Å². The number of nitriles is 1. The molecular weight excluding hydrogens is 324 g/mol. The van der Waals surface area contributed by atoms with Crippen LogP contribution < -0.4 is 39.9 Å². The Kier molecular flexibility index (Phi) is 6.30. The van der Waals surface area contributed by atoms with Crippen molar-refractivity contribution in [3.8, 4) is 11.8 Å². The van der Waals surface area contributed by atoms with Gasteiger partial charge in [-0.05, 0) is 11.6 Å². The summed E-state index contributed by atoms with van der Waals surface area (Å²) in [6.07, 6.45) is 0.177. The van der Waals surface area contributed by atoms with Crippen molar-refractivity contribution in [2.45, 2.75) is 6.42 Å². The van der Waals surface area contributed by atoms with E-state index in [2.05, 4.69) is 6.07 Å². The van der Waals surface area contributed by atoms with Gasteiger partial charge in [-0.25, -0.2) is 0 Å². The van der Waals surface area contributed by atoms with Gasteiger partial charge in [0.15, 0.2) is 7.14 Å². The Bertz CT molecular complexity index is 893. The summed E-state index contributed by atoms with van der Waals surface area (Å²) >= 11 is 0. The third-order valence-corrected chi connectivity index (χ3v) is 6.96. The molecule has 3 rings (SSSR count). The van der Waals surface area contributed by atoms with Crippen LogP contribution >= 0.6 is 7.14 Å². The molecular formula is C20H15LiNO2P. The predicted molar refractivity (Wildman–Crippen MR) is 94.6 cm³/mol. The molecule has 0 bridgehead atoms. The smallest absolute Gasteiger partial charge is 0.872 e. The number of hydrogen-bond donors (Lipinski definition) is 0. The predicted octanol–water partition coefficient (Wildman–Crippen LogP) is -0.530. The Labute approximate surface area is 159 Å². The first kappa shape index (κ1) is 19.1. The monoisotopic (exact) mass is 339 g/mol. The zero-order chi connectivity index (χ0) is 17.0. The van der Waals surface area contributed by atoms with Crippen LogP contribution in [0.1, 0.15) is 5.56 Å². The van der Waals surface area contributed by atoms with E-state index in [1.54, 1.807) is 36.4 Å². The second-order valence-electron chi connectivity index (χ2n) is 5.42. The summed E-state index contributed by atoms with van der Waals surface area (Å²) in [6, 6.07) is 24.8. The number of hydrogen-bond acceptors (Lipinski definition) is 3. The van der Waals surface area contributed by atoms with Crippen molar-refractivity contribution in [3.05, 3.63) is 84.4 Å². The summed E-state index contributed by atoms with van der Waals surface area (Å²) in [7, 11) is -3.29. The topological polar surface area (TPSA) is 63.9 Å². The second-order valence-corrected chi connectivity index (χ2v) is 8.15. The first-order chi connectivity index (χ1) is 11.7. The molecule has 0 aliphatic rings. The van der Waals surface area contributed by atoms with Gasteiger partial charge in [0.2, 0.25) is 0 Å². The average Bonchev–Trinajstić information content (AvgIpc) is 2.64. The van der Waals surface area contributed by atoms with Crippen LogP contribution in [0.4, 0.5) is 0 Å². The Morgan fingerprint density at radius 2 is 1.40 bits per heavy atom. The van der Waals surface area contributed by atoms with Crippen LogP contribution in [-0.2, 0) is 11.0 Å². The van der Waals surface area contributed by atoms with E-state index in [9.17, 15) is 9.67 Å². The minimum atomic E-state index is -3.29. The van der Waals surface area contributed by atoms with Gasteiger partial charge in [0.1, 0.15) is 0 Å². The summed E-state index contributed by atoms with van der Waals surface area (Å²) in [5, 5.41) is 22.9. The van der Waals surface area contributed by atoms with E-state index in [0.29, 0.717) is 16.2 Å². The van der Waals surface area contributed by atoms with Gasteiger partial charge in [0, 0.05) is 15.9 Å². The summed E-state index contributed by atoms with van der Waals surface area (Å²) in [5.74, 6) is -0.271. The molecule has 3 nitrogen and oxygen atoms in total. The molecule has 0 N–H and O–H groups in total. The molecule has 0 aromatic heterocycles. The Balaban J connectivity index is 0.00000225. The molecule has 0 amide bonds. The summed E-state index contributed by atoms with van der Waals surface area (Å²) in [5.41, 5.74) is 0.694. The molecule has 0 aliphatic carbocycles. The fraction of sp³-hybridized carbons (Fsp3) is 0.0500. The molecule has 25 heavy (non-hydrogen) atoms. The third kappa shape index (κ3) is 3.73. The van der Waals surface area contributed by atoms with Crippen LogP contribution in [0.5, 0.6) is 5.75 Å². The molecule has 0 fully saturated rings. The minimum absolute atomic E-state index is 0. The van der Waals surface area contributed by atoms with Crippen LogP contribution in [-0.4, -0.2) is 0 Å². The van der Waals surface area contributed by atoms with Crippen molar-refractivity contribution in [2.24, 2.45) is 0 Å². The largest absolute Gasteiger partial charge is 1.00 e. The Hall–Kier alpha value is -2.22. The molecule has 3 aromatic carbocycles. The van der Waals surface area contributed by atoms with Crippen LogP contribution in [0.3, 0.4) is 0 Å². The van der Waals surface area contributed by atoms with Crippen molar-refractivity contribution in [1.82, 2.24) is 0 Å². The quantitative estimate of drug-likeness (QED) is 0.474. The van der Waals surface area contributed by atoms with Crippen LogP contribution in [0.2, 0.25) is 0 Å². The maximum atomic E-state index is 14.1. The van der Waals surface area contributed by atoms with Gasteiger partial charge < -0.3 is 9.67 Å². The number of nitrogens with zero attached hydrogens (tertiary/aromatic N) is 1. The van der Waals surface area contributed by atoms with Crippen molar-refractivity contribution in [2.75, 3.05) is 0 Å². The van der Waals surface area contributed by atoms with Gasteiger partial charge in [0.05, 0.1) is 12.5 Å². The van der Waals surface area contributed by atoms with Gasteiger partial charge in [0.25, 0.3) is 0 Å². The SMILES string of the molecule is N#CCc1ccc([O-])c(P(=O)(c2ccccc2)c2ccccc2)c1.[Li+]. The van der Waals surface area contributed by atoms with Gasteiger partial charge in [-0.1, -0.05) is 78.5 Å². The summed E-state index contributed by atoms with van der Waals surface area (Å²) in [4.78, 5) is 0. The Morgan fingerprint density at radius 1 is 0.880 bits per heavy atom. The fourth-order valence-corrected chi connectivity index (χ4v) is 5.48. The molecule has 0 saturated heterocycles. The zero-order valence-electron chi connectivity index (χ0n) is 13.9. The Morgan fingerprint density at radius 3 is 1.88 bits per heavy atom. The fourth-order valence-electron chi connectivity index (χ4n) is 2.71. The molecule has 0 spiro atoms. The van der Waals surface area contributed by atoms with E-state index in [1.165, 1.54) is 6.07 Å². The van der Waals surface area contributed by atoms with Crippen LogP contribution in [0, 0.1) is 11.3 Å². The first-order valence-corrected chi connectivity index (χ1v) is 9.25. The molecule has 5 heteroatoms. The van der Waals surface area contributed by atoms with Gasteiger partial charge >= 0.3 is 18.9 Å². The van der Waals surface area contributed by atoms with E-state index in [0.717, 1.165) is 0 Å². The van der Waals surface area contributed by atoms with E-state index >= 15 is 0 Å². The summed E-state index contributed by atoms with van der Waals surface area (Å²) < 4.78 is 14.1. The molecule has 0 atom stereocenters. The average molecular weight is 339 g/mol. The third-order valence-electron chi connectivity index (χ3n) is 3.89. The maximum Gasteiger partial charge on any atom is 1.00 e. The maximum absolute atomic E-state index is 14.1. The molecule has 118 valence electrons. The van der Waals surface area contributed by atoms with Crippen molar-refractivity contribution in [1.29, 1.82) is 5.26 Å². The number of rotatable bonds is 4. The van der Waals surface area contributed by atoms with E-state index in [-0.39, 0.29) is 36.3 Å². The zero-order valence-corrected chi connectivity index (χ0v) is 14.8. The van der Waals surface area contributed by atoms with Crippen LogP contribution in [0.15, 0.2) is 78.9 Å². The normalized spacial score (nSPS) is 10.5. The van der Waals surface area contributed by atoms with Crippen LogP contribution in [0.25, 0.3) is 0 Å². The molecule has 0 radical (unpaired) electrons. The number of benzene rings is 3. The standard InChI is InChI=1S/C20H16NO2P.Li/c21-14-13-16-11-12-19(22)20(15-16)24(23,17-7-3-1-4-8-17)18-9-5-2-6-10-18;/h1-12,15,22H,13H2;/q;+1/p-1. The van der Waals surface area contributed by atoms with Gasteiger partial charge in [-0.2, -0.15) is 5.26 Å². The first-order valence-electron chi connectivity index (χ1n) is 7.55. The molecule has 0 unspecified atom stereocenters. The minimum Gasteiger partial charge on any atom is -0.872 e. The van der Waals surface area contributed by atoms with E-state index in [4.69, 9.17) is 5.26 Å².